The number of nitrogens with zero attached hydrogens (tertiary/aromatic N) is 1. The van der Waals surface area contributed by atoms with Gasteiger partial charge < -0.3 is 15.4 Å². The van der Waals surface area contributed by atoms with Crippen molar-refractivity contribution in [3.63, 3.8) is 0 Å². The zero-order valence-corrected chi connectivity index (χ0v) is 15.5. The molecule has 1 amide bonds. The molecule has 138 valence electrons. The summed E-state index contributed by atoms with van der Waals surface area (Å²) in [5.74, 6) is 0.529. The van der Waals surface area contributed by atoms with Crippen molar-refractivity contribution in [3.8, 4) is 5.75 Å². The first-order chi connectivity index (χ1) is 13.2. The third-order valence-corrected chi connectivity index (χ3v) is 4.31. The number of anilines is 2. The highest BCUT2D eigenvalue weighted by molar-refractivity contribution is 5.92. The van der Waals surface area contributed by atoms with Gasteiger partial charge in [-0.2, -0.15) is 0 Å². The summed E-state index contributed by atoms with van der Waals surface area (Å²) in [4.78, 5) is 16.6. The van der Waals surface area contributed by atoms with E-state index < -0.39 is 0 Å². The van der Waals surface area contributed by atoms with E-state index in [4.69, 9.17) is 4.74 Å². The molecule has 0 saturated carbocycles. The minimum Gasteiger partial charge on any atom is -0.496 e. The first-order valence-electron chi connectivity index (χ1n) is 8.92. The number of pyridine rings is 1. The molecule has 0 aliphatic carbocycles. The third kappa shape index (κ3) is 4.64. The van der Waals surface area contributed by atoms with Crippen LogP contribution < -0.4 is 15.4 Å². The molecule has 1 heterocycles. The predicted molar refractivity (Wildman–Crippen MR) is 108 cm³/mol. The molecule has 5 nitrogen and oxygen atoms in total. The zero-order valence-electron chi connectivity index (χ0n) is 15.5. The Morgan fingerprint density at radius 2 is 1.74 bits per heavy atom. The van der Waals surface area contributed by atoms with Crippen molar-refractivity contribution in [2.45, 2.75) is 19.9 Å². The van der Waals surface area contributed by atoms with Crippen molar-refractivity contribution < 1.29 is 9.53 Å². The first kappa shape index (κ1) is 18.5. The van der Waals surface area contributed by atoms with E-state index in [1.54, 1.807) is 19.4 Å². The normalized spacial score (nSPS) is 10.3. The van der Waals surface area contributed by atoms with E-state index in [1.165, 1.54) is 5.56 Å². The fourth-order valence-electron chi connectivity index (χ4n) is 2.82. The maximum absolute atomic E-state index is 12.4. The number of para-hydroxylation sites is 2. The van der Waals surface area contributed by atoms with Crippen LogP contribution in [0.5, 0.6) is 5.75 Å². The molecule has 3 rings (SSSR count). The number of benzene rings is 2. The molecule has 2 aromatic carbocycles. The van der Waals surface area contributed by atoms with E-state index in [0.29, 0.717) is 12.2 Å². The number of ether oxygens (including phenoxy) is 1. The van der Waals surface area contributed by atoms with Crippen LogP contribution in [0.2, 0.25) is 0 Å². The van der Waals surface area contributed by atoms with Crippen LogP contribution in [0.4, 0.5) is 11.4 Å². The van der Waals surface area contributed by atoms with Gasteiger partial charge in [-0.1, -0.05) is 43.3 Å². The lowest BCUT2D eigenvalue weighted by Gasteiger charge is -2.11. The SMILES string of the molecule is CCc1ccccc1Nc1ccc(C(=O)NCc2ccccc2OC)nc1. The summed E-state index contributed by atoms with van der Waals surface area (Å²) in [7, 11) is 1.62. The summed E-state index contributed by atoms with van der Waals surface area (Å²) in [5.41, 5.74) is 4.42. The molecule has 0 saturated heterocycles. The Morgan fingerprint density at radius 1 is 1.00 bits per heavy atom. The summed E-state index contributed by atoms with van der Waals surface area (Å²) in [5, 5.41) is 6.23. The van der Waals surface area contributed by atoms with Crippen LogP contribution in [-0.4, -0.2) is 18.0 Å². The molecule has 0 radical (unpaired) electrons. The average Bonchev–Trinajstić information content (AvgIpc) is 2.73. The highest BCUT2D eigenvalue weighted by atomic mass is 16.5. The second-order valence-electron chi connectivity index (χ2n) is 6.06. The van der Waals surface area contributed by atoms with Gasteiger partial charge in [0.2, 0.25) is 0 Å². The van der Waals surface area contributed by atoms with Crippen molar-refractivity contribution in [1.82, 2.24) is 10.3 Å². The molecular weight excluding hydrogens is 338 g/mol. The van der Waals surface area contributed by atoms with Crippen LogP contribution in [0, 0.1) is 0 Å². The number of rotatable bonds is 7. The molecule has 27 heavy (non-hydrogen) atoms. The zero-order chi connectivity index (χ0) is 19.1. The van der Waals surface area contributed by atoms with Gasteiger partial charge in [0.05, 0.1) is 19.0 Å². The van der Waals surface area contributed by atoms with Gasteiger partial charge in [-0.25, -0.2) is 4.98 Å². The number of nitrogens with one attached hydrogen (secondary N) is 2. The number of aryl methyl sites for hydroxylation is 1. The van der Waals surface area contributed by atoms with Crippen molar-refractivity contribution in [3.05, 3.63) is 83.7 Å². The first-order valence-corrected chi connectivity index (χ1v) is 8.92. The number of hydrogen-bond acceptors (Lipinski definition) is 4. The number of methoxy groups -OCH3 is 1. The molecule has 0 fully saturated rings. The number of amides is 1. The highest BCUT2D eigenvalue weighted by Crippen LogP contribution is 2.21. The summed E-state index contributed by atoms with van der Waals surface area (Å²) in [6, 6.07) is 19.3. The van der Waals surface area contributed by atoms with Crippen molar-refractivity contribution in [2.75, 3.05) is 12.4 Å². The molecule has 0 spiro atoms. The Bertz CT molecular complexity index is 907. The molecule has 3 aromatic rings. The van der Waals surface area contributed by atoms with Crippen LogP contribution in [0.25, 0.3) is 0 Å². The Kier molecular flexibility index (Phi) is 6.05. The summed E-state index contributed by atoms with van der Waals surface area (Å²) in [6.45, 7) is 2.50. The second-order valence-corrected chi connectivity index (χ2v) is 6.06. The monoisotopic (exact) mass is 361 g/mol. The molecule has 0 atom stereocenters. The maximum atomic E-state index is 12.4. The number of carbonyl (C=O) groups is 1. The van der Waals surface area contributed by atoms with E-state index in [0.717, 1.165) is 29.1 Å². The van der Waals surface area contributed by atoms with Crippen LogP contribution in [0.1, 0.15) is 28.5 Å². The Balaban J connectivity index is 1.63. The molecular formula is C22H23N3O2. The van der Waals surface area contributed by atoms with E-state index in [1.807, 2.05) is 48.5 Å². The summed E-state index contributed by atoms with van der Waals surface area (Å²) >= 11 is 0. The molecule has 0 bridgehead atoms. The van der Waals surface area contributed by atoms with E-state index in [2.05, 4.69) is 28.6 Å². The van der Waals surface area contributed by atoms with E-state index in [9.17, 15) is 4.79 Å². The highest BCUT2D eigenvalue weighted by Gasteiger charge is 2.09. The van der Waals surface area contributed by atoms with Crippen LogP contribution in [-0.2, 0) is 13.0 Å². The van der Waals surface area contributed by atoms with Crippen molar-refractivity contribution in [1.29, 1.82) is 0 Å². The molecule has 5 heteroatoms. The lowest BCUT2D eigenvalue weighted by Crippen LogP contribution is -2.24. The van der Waals surface area contributed by atoms with Crippen LogP contribution in [0.3, 0.4) is 0 Å². The van der Waals surface area contributed by atoms with Crippen molar-refractivity contribution >= 4 is 17.3 Å². The quantitative estimate of drug-likeness (QED) is 0.658. The van der Waals surface area contributed by atoms with Crippen molar-refractivity contribution in [2.24, 2.45) is 0 Å². The van der Waals surface area contributed by atoms with Crippen LogP contribution >= 0.6 is 0 Å². The second kappa shape index (κ2) is 8.85. The van der Waals surface area contributed by atoms with Gasteiger partial charge in [-0.05, 0) is 36.2 Å². The standard InChI is InChI=1S/C22H23N3O2/c1-3-16-8-4-6-10-19(16)25-18-12-13-20(23-15-18)22(26)24-14-17-9-5-7-11-21(17)27-2/h4-13,15,25H,3,14H2,1-2H3,(H,24,26). The van der Waals surface area contributed by atoms with Crippen LogP contribution in [0.15, 0.2) is 66.9 Å². The Hall–Kier alpha value is -3.34. The minimum atomic E-state index is -0.221. The number of carbonyl (C=O) groups excluding carboxylic acids is 1. The van der Waals surface area contributed by atoms with Gasteiger partial charge in [0.25, 0.3) is 5.91 Å². The number of aromatic nitrogens is 1. The number of hydrogen-bond donors (Lipinski definition) is 2. The maximum Gasteiger partial charge on any atom is 0.270 e. The summed E-state index contributed by atoms with van der Waals surface area (Å²) in [6.07, 6.45) is 2.62. The molecule has 0 aliphatic heterocycles. The van der Waals surface area contributed by atoms with Gasteiger partial charge in [0.15, 0.2) is 0 Å². The van der Waals surface area contributed by atoms with E-state index >= 15 is 0 Å². The van der Waals surface area contributed by atoms with Gasteiger partial charge in [-0.15, -0.1) is 0 Å². The van der Waals surface area contributed by atoms with Gasteiger partial charge in [0, 0.05) is 17.8 Å². The Labute approximate surface area is 159 Å². The largest absolute Gasteiger partial charge is 0.496 e. The lowest BCUT2D eigenvalue weighted by atomic mass is 10.1. The fraction of sp³-hybridized carbons (Fsp3) is 0.182. The molecule has 0 unspecified atom stereocenters. The van der Waals surface area contributed by atoms with Gasteiger partial charge in [-0.3, -0.25) is 4.79 Å². The van der Waals surface area contributed by atoms with Gasteiger partial charge >= 0.3 is 0 Å². The predicted octanol–water partition coefficient (Wildman–Crippen LogP) is 4.33. The smallest absolute Gasteiger partial charge is 0.270 e. The topological polar surface area (TPSA) is 63.2 Å². The fourth-order valence-corrected chi connectivity index (χ4v) is 2.82. The third-order valence-electron chi connectivity index (χ3n) is 4.31. The van der Waals surface area contributed by atoms with Gasteiger partial charge in [0.1, 0.15) is 11.4 Å². The molecule has 0 aliphatic rings. The minimum absolute atomic E-state index is 0.221. The summed E-state index contributed by atoms with van der Waals surface area (Å²) < 4.78 is 5.30. The lowest BCUT2D eigenvalue weighted by molar-refractivity contribution is 0.0945. The average molecular weight is 361 g/mol. The molecule has 1 aromatic heterocycles. The Morgan fingerprint density at radius 3 is 2.44 bits per heavy atom. The molecule has 2 N–H and O–H groups in total. The van der Waals surface area contributed by atoms with E-state index in [-0.39, 0.29) is 5.91 Å².